The van der Waals surface area contributed by atoms with Crippen molar-refractivity contribution in [1.29, 1.82) is 0 Å². The zero-order chi connectivity index (χ0) is 12.0. The summed E-state index contributed by atoms with van der Waals surface area (Å²) in [5.41, 5.74) is 2.35. The summed E-state index contributed by atoms with van der Waals surface area (Å²) in [6.07, 6.45) is 0. The van der Waals surface area contributed by atoms with Crippen molar-refractivity contribution in [2.24, 2.45) is 11.3 Å². The first-order chi connectivity index (χ1) is 7.65. The van der Waals surface area contributed by atoms with Crippen LogP contribution in [0.2, 0.25) is 0 Å². The summed E-state index contributed by atoms with van der Waals surface area (Å²) in [4.78, 5) is 13.7. The van der Waals surface area contributed by atoms with E-state index in [-0.39, 0.29) is 5.25 Å². The van der Waals surface area contributed by atoms with E-state index >= 15 is 0 Å². The Hall–Kier alpha value is -1.07. The topological polar surface area (TPSA) is 47.9 Å². The summed E-state index contributed by atoms with van der Waals surface area (Å²) in [6.45, 7) is 6.20. The average Bonchev–Trinajstić information content (AvgIpc) is 2.26. The molecule has 16 heavy (non-hydrogen) atoms. The highest BCUT2D eigenvalue weighted by Gasteiger charge is 2.18. The fraction of sp³-hybridized carbons (Fsp3) is 0.455. The summed E-state index contributed by atoms with van der Waals surface area (Å²) < 4.78 is 4.63. The lowest BCUT2D eigenvalue weighted by molar-refractivity contribution is -0.194. The molecule has 0 radical (unpaired) electrons. The Morgan fingerprint density at radius 1 is 1.25 bits per heavy atom. The number of hydrogen-bond acceptors (Lipinski definition) is 5. The molecule has 1 aromatic rings. The van der Waals surface area contributed by atoms with E-state index in [1.807, 2.05) is 31.2 Å². The van der Waals surface area contributed by atoms with E-state index in [1.54, 1.807) is 0 Å². The maximum absolute atomic E-state index is 9.73. The minimum absolute atomic E-state index is 0.113. The van der Waals surface area contributed by atoms with E-state index in [0.717, 1.165) is 17.6 Å². The predicted molar refractivity (Wildman–Crippen MR) is 64.3 cm³/mol. The lowest BCUT2D eigenvalue weighted by atomic mass is 10.0. The van der Waals surface area contributed by atoms with E-state index in [2.05, 4.69) is 28.5 Å². The van der Waals surface area contributed by atoms with Gasteiger partial charge < -0.3 is 0 Å². The Morgan fingerprint density at radius 2 is 1.88 bits per heavy atom. The zero-order valence-corrected chi connectivity index (χ0v) is 10.4. The maximum atomic E-state index is 9.73. The number of aryl methyl sites for hydroxylation is 1. The van der Waals surface area contributed by atoms with Gasteiger partial charge in [-0.25, -0.2) is 0 Å². The first-order valence-corrected chi connectivity index (χ1v) is 5.84. The van der Waals surface area contributed by atoms with Crippen LogP contribution in [0, 0.1) is 17.7 Å². The smallest absolute Gasteiger partial charge is 0.168 e. The van der Waals surface area contributed by atoms with Gasteiger partial charge in [-0.1, -0.05) is 48.0 Å². The third kappa shape index (κ3) is 3.83. The molecule has 0 saturated carbocycles. The molecule has 1 aromatic carbocycles. The van der Waals surface area contributed by atoms with Gasteiger partial charge in [-0.3, -0.25) is 0 Å². The van der Waals surface area contributed by atoms with E-state index < -0.39 is 0 Å². The van der Waals surface area contributed by atoms with Crippen molar-refractivity contribution in [1.82, 2.24) is 0 Å². The van der Waals surface area contributed by atoms with Crippen molar-refractivity contribution in [3.8, 4) is 0 Å². The van der Waals surface area contributed by atoms with Gasteiger partial charge in [0, 0.05) is 0 Å². The molecule has 0 aliphatic heterocycles. The van der Waals surface area contributed by atoms with Crippen LogP contribution in [0.3, 0.4) is 0 Å². The van der Waals surface area contributed by atoms with Crippen LogP contribution in [0.15, 0.2) is 29.6 Å². The fourth-order valence-electron chi connectivity index (χ4n) is 1.38. The Morgan fingerprint density at radius 3 is 2.38 bits per heavy atom. The molecule has 1 rings (SSSR count). The largest absolute Gasteiger partial charge is 0.191 e. The molecule has 1 atom stereocenters. The van der Waals surface area contributed by atoms with Gasteiger partial charge >= 0.3 is 0 Å². The highest BCUT2D eigenvalue weighted by Crippen LogP contribution is 2.36. The number of rotatable bonds is 6. The summed E-state index contributed by atoms with van der Waals surface area (Å²) in [7, 11) is 0. The number of hydrogen-bond donors (Lipinski definition) is 0. The summed E-state index contributed by atoms with van der Waals surface area (Å²) in [6, 6.07) is 8.18. The first-order valence-electron chi connectivity index (χ1n) is 5.03. The van der Waals surface area contributed by atoms with Crippen LogP contribution in [0.4, 0.5) is 0 Å². The Labute approximate surface area is 99.4 Å². The van der Waals surface area contributed by atoms with Crippen LogP contribution >= 0.6 is 12.0 Å². The Balaban J connectivity index is 2.69. The second-order valence-corrected chi connectivity index (χ2v) is 4.73. The lowest BCUT2D eigenvalue weighted by Crippen LogP contribution is -2.03. The highest BCUT2D eigenvalue weighted by atomic mass is 32.2. The van der Waals surface area contributed by atoms with Gasteiger partial charge in [0.1, 0.15) is 0 Å². The molecule has 0 spiro atoms. The molecule has 1 unspecified atom stereocenters. The van der Waals surface area contributed by atoms with Crippen LogP contribution in [-0.2, 0) is 9.32 Å². The lowest BCUT2D eigenvalue weighted by Gasteiger charge is -2.18. The van der Waals surface area contributed by atoms with Gasteiger partial charge in [0.15, 0.2) is 5.34 Å². The van der Waals surface area contributed by atoms with Gasteiger partial charge in [-0.05, 0) is 18.4 Å². The van der Waals surface area contributed by atoms with E-state index in [4.69, 9.17) is 0 Å². The molecule has 0 aromatic heterocycles. The minimum atomic E-state index is 0.113. The van der Waals surface area contributed by atoms with Gasteiger partial charge in [0.25, 0.3) is 0 Å². The van der Waals surface area contributed by atoms with Crippen molar-refractivity contribution in [3.05, 3.63) is 40.3 Å². The van der Waals surface area contributed by atoms with Crippen molar-refractivity contribution >= 4 is 12.0 Å². The molecule has 0 aliphatic rings. The number of benzene rings is 1. The van der Waals surface area contributed by atoms with Crippen LogP contribution < -0.4 is 0 Å². The first kappa shape index (κ1) is 13.0. The normalized spacial score (nSPS) is 12.5. The average molecular weight is 241 g/mol. The van der Waals surface area contributed by atoms with Crippen molar-refractivity contribution in [2.45, 2.75) is 26.0 Å². The third-order valence-corrected chi connectivity index (χ3v) is 3.38. The Bertz CT molecular complexity index is 327. The SMILES string of the molecule is Cc1ccc(C(SOON=O)C(C)C)cc1. The van der Waals surface area contributed by atoms with Gasteiger partial charge in [0.05, 0.1) is 17.3 Å². The molecule has 5 heteroatoms. The molecule has 0 saturated heterocycles. The molecule has 0 fully saturated rings. The highest BCUT2D eigenvalue weighted by molar-refractivity contribution is 7.94. The molecule has 0 aliphatic carbocycles. The molecule has 0 heterocycles. The van der Waals surface area contributed by atoms with Crippen LogP contribution in [0.25, 0.3) is 0 Å². The predicted octanol–water partition coefficient (Wildman–Crippen LogP) is 3.97. The molecular weight excluding hydrogens is 226 g/mol. The van der Waals surface area contributed by atoms with E-state index in [0.29, 0.717) is 5.92 Å². The van der Waals surface area contributed by atoms with Crippen molar-refractivity contribution in [2.75, 3.05) is 0 Å². The van der Waals surface area contributed by atoms with Gasteiger partial charge in [0.2, 0.25) is 0 Å². The summed E-state index contributed by atoms with van der Waals surface area (Å²) >= 11 is 1.10. The minimum Gasteiger partial charge on any atom is -0.168 e. The van der Waals surface area contributed by atoms with Crippen molar-refractivity contribution < 1.29 is 9.32 Å². The van der Waals surface area contributed by atoms with Crippen LogP contribution in [0.1, 0.15) is 30.2 Å². The molecule has 0 amide bonds. The zero-order valence-electron chi connectivity index (χ0n) is 9.54. The molecule has 0 bridgehead atoms. The molecule has 88 valence electrons. The molecular formula is C11H15NO3S. The van der Waals surface area contributed by atoms with Crippen LogP contribution in [-0.4, -0.2) is 0 Å². The third-order valence-electron chi connectivity index (χ3n) is 2.22. The van der Waals surface area contributed by atoms with Gasteiger partial charge in [-0.15, -0.1) is 4.91 Å². The maximum Gasteiger partial charge on any atom is 0.191 e. The summed E-state index contributed by atoms with van der Waals surface area (Å²) in [5.74, 6) is 0.364. The fourth-order valence-corrected chi connectivity index (χ4v) is 2.02. The second-order valence-electron chi connectivity index (χ2n) is 3.89. The molecule has 0 N–H and O–H groups in total. The monoisotopic (exact) mass is 241 g/mol. The van der Waals surface area contributed by atoms with Crippen LogP contribution in [0.5, 0.6) is 0 Å². The number of nitrogens with zero attached hydrogens (tertiary/aromatic N) is 1. The van der Waals surface area contributed by atoms with E-state index in [9.17, 15) is 4.91 Å². The Kier molecular flexibility index (Phi) is 5.28. The molecule has 4 nitrogen and oxygen atoms in total. The quantitative estimate of drug-likeness (QED) is 0.248. The van der Waals surface area contributed by atoms with E-state index in [1.165, 1.54) is 5.56 Å². The van der Waals surface area contributed by atoms with Crippen molar-refractivity contribution in [3.63, 3.8) is 0 Å². The standard InChI is InChI=1S/C11H15NO3S/c1-8(2)11(16-15-14-12-13)10-6-4-9(3)5-7-10/h4-8,11H,1-3H3. The second kappa shape index (κ2) is 6.50. The van der Waals surface area contributed by atoms with Gasteiger partial charge in [-0.2, -0.15) is 4.99 Å². The summed E-state index contributed by atoms with van der Waals surface area (Å²) in [5, 5.41) is 2.29.